The first-order chi connectivity index (χ1) is 17.1. The molecule has 1 amide bonds. The van der Waals surface area contributed by atoms with Crippen LogP contribution in [-0.4, -0.2) is 36.9 Å². The van der Waals surface area contributed by atoms with Crippen molar-refractivity contribution in [3.8, 4) is 0 Å². The van der Waals surface area contributed by atoms with Crippen LogP contribution in [0.15, 0.2) is 45.8 Å². The highest BCUT2D eigenvalue weighted by Crippen LogP contribution is 2.30. The van der Waals surface area contributed by atoms with Gasteiger partial charge in [-0.2, -0.15) is 4.31 Å². The Balaban J connectivity index is 1.55. The van der Waals surface area contributed by atoms with E-state index in [1.54, 1.807) is 31.2 Å². The van der Waals surface area contributed by atoms with E-state index in [9.17, 15) is 13.2 Å². The molecule has 1 fully saturated rings. The molecule has 9 heteroatoms. The lowest BCUT2D eigenvalue weighted by Gasteiger charge is -2.31. The zero-order valence-corrected chi connectivity index (χ0v) is 22.4. The van der Waals surface area contributed by atoms with E-state index in [4.69, 9.17) is 16.1 Å². The minimum atomic E-state index is -3.93. The lowest BCUT2D eigenvalue weighted by atomic mass is 9.98. The highest BCUT2D eigenvalue weighted by atomic mass is 35.5. The maximum absolute atomic E-state index is 13.7. The molecule has 1 aliphatic rings. The smallest absolute Gasteiger partial charge is 0.248 e. The van der Waals surface area contributed by atoms with Gasteiger partial charge in [0.2, 0.25) is 15.9 Å². The molecule has 1 aliphatic heterocycles. The van der Waals surface area contributed by atoms with E-state index in [0.29, 0.717) is 35.8 Å². The topological polar surface area (TPSA) is 92.5 Å². The number of benzene rings is 2. The third-order valence-electron chi connectivity index (χ3n) is 6.48. The van der Waals surface area contributed by atoms with Gasteiger partial charge in [0.25, 0.3) is 0 Å². The molecular formula is C27H30ClN3O4S. The van der Waals surface area contributed by atoms with Crippen molar-refractivity contribution < 1.29 is 17.7 Å². The van der Waals surface area contributed by atoms with Gasteiger partial charge in [-0.05, 0) is 81.5 Å². The summed E-state index contributed by atoms with van der Waals surface area (Å²) in [5.41, 5.74) is 4.94. The number of hydrogen-bond donors (Lipinski definition) is 1. The maximum atomic E-state index is 13.7. The van der Waals surface area contributed by atoms with Crippen molar-refractivity contribution in [3.63, 3.8) is 0 Å². The Kier molecular flexibility index (Phi) is 7.68. The molecular weight excluding hydrogens is 498 g/mol. The second kappa shape index (κ2) is 10.6. The van der Waals surface area contributed by atoms with Crippen LogP contribution in [0.25, 0.3) is 12.2 Å². The standard InChI is InChI=1S/C27H30ClN3O4S/c1-17-7-8-18(2)21(14-17)9-12-25-26(20(4)30-35-25)36(33,34)31-13-5-6-22(16-31)27(32)29-24-11-10-23(28)15-19(24)3/h7-12,14-15,22H,5-6,13,16H2,1-4H3,(H,29,32)/b12-9+/t22-/m0/s1. The molecule has 1 aromatic heterocycles. The average Bonchev–Trinajstić information content (AvgIpc) is 3.22. The maximum Gasteiger partial charge on any atom is 0.248 e. The van der Waals surface area contributed by atoms with E-state index in [0.717, 1.165) is 22.3 Å². The normalized spacial score (nSPS) is 17.0. The zero-order chi connectivity index (χ0) is 26.0. The fourth-order valence-electron chi connectivity index (χ4n) is 4.41. The summed E-state index contributed by atoms with van der Waals surface area (Å²) in [6.07, 6.45) is 4.66. The molecule has 7 nitrogen and oxygen atoms in total. The number of rotatable bonds is 6. The van der Waals surface area contributed by atoms with Crippen LogP contribution in [0.5, 0.6) is 0 Å². The predicted octanol–water partition coefficient (Wildman–Crippen LogP) is 5.77. The second-order valence-electron chi connectivity index (χ2n) is 9.31. The summed E-state index contributed by atoms with van der Waals surface area (Å²) < 4.78 is 34.1. The molecule has 1 saturated heterocycles. The van der Waals surface area contributed by atoms with Crippen molar-refractivity contribution >= 4 is 45.4 Å². The van der Waals surface area contributed by atoms with Crippen LogP contribution in [0.1, 0.15) is 46.5 Å². The molecule has 2 aromatic carbocycles. The Bertz CT molecular complexity index is 1430. The molecule has 2 heterocycles. The Morgan fingerprint density at radius 1 is 1.11 bits per heavy atom. The molecule has 4 rings (SSSR count). The van der Waals surface area contributed by atoms with Crippen LogP contribution in [-0.2, 0) is 14.8 Å². The Morgan fingerprint density at radius 2 is 1.89 bits per heavy atom. The fourth-order valence-corrected chi connectivity index (χ4v) is 6.41. The molecule has 0 bridgehead atoms. The monoisotopic (exact) mass is 527 g/mol. The van der Waals surface area contributed by atoms with Gasteiger partial charge in [-0.3, -0.25) is 4.79 Å². The highest BCUT2D eigenvalue weighted by molar-refractivity contribution is 7.89. The average molecular weight is 528 g/mol. The van der Waals surface area contributed by atoms with Crippen molar-refractivity contribution in [3.05, 3.63) is 75.1 Å². The molecule has 0 saturated carbocycles. The summed E-state index contributed by atoms with van der Waals surface area (Å²) >= 11 is 6.01. The number of nitrogens with zero attached hydrogens (tertiary/aromatic N) is 2. The summed E-state index contributed by atoms with van der Waals surface area (Å²) in [6, 6.07) is 11.3. The summed E-state index contributed by atoms with van der Waals surface area (Å²) in [5, 5.41) is 7.45. The second-order valence-corrected chi connectivity index (χ2v) is 11.6. The lowest BCUT2D eigenvalue weighted by Crippen LogP contribution is -2.44. The number of aryl methyl sites for hydroxylation is 4. The molecule has 0 aliphatic carbocycles. The van der Waals surface area contributed by atoms with Gasteiger partial charge in [0.15, 0.2) is 10.7 Å². The SMILES string of the molecule is Cc1ccc(C)c(/C=C/c2onc(C)c2S(=O)(=O)N2CCC[C@H](C(=O)Nc3ccc(Cl)cc3C)C2)c1. The van der Waals surface area contributed by atoms with E-state index in [2.05, 4.69) is 10.5 Å². The van der Waals surface area contributed by atoms with Crippen molar-refractivity contribution in [1.82, 2.24) is 9.46 Å². The third kappa shape index (κ3) is 5.56. The number of piperidine rings is 1. The van der Waals surface area contributed by atoms with E-state index in [-0.39, 0.29) is 23.1 Å². The quantitative estimate of drug-likeness (QED) is 0.439. The molecule has 1 atom stereocenters. The summed E-state index contributed by atoms with van der Waals surface area (Å²) in [4.78, 5) is 13.0. The first-order valence-electron chi connectivity index (χ1n) is 11.8. The summed E-state index contributed by atoms with van der Waals surface area (Å²) in [7, 11) is -3.93. The Labute approximate surface area is 217 Å². The van der Waals surface area contributed by atoms with Crippen LogP contribution in [0.4, 0.5) is 5.69 Å². The summed E-state index contributed by atoms with van der Waals surface area (Å²) in [5.74, 6) is -0.508. The van der Waals surface area contributed by atoms with Crippen molar-refractivity contribution in [2.45, 2.75) is 45.4 Å². The molecule has 1 N–H and O–H groups in total. The lowest BCUT2D eigenvalue weighted by molar-refractivity contribution is -0.120. The van der Waals surface area contributed by atoms with Crippen LogP contribution in [0, 0.1) is 33.6 Å². The number of anilines is 1. The summed E-state index contributed by atoms with van der Waals surface area (Å²) in [6.45, 7) is 7.89. The fraction of sp³-hybridized carbons (Fsp3) is 0.333. The van der Waals surface area contributed by atoms with E-state index < -0.39 is 15.9 Å². The minimum absolute atomic E-state index is 0.0404. The van der Waals surface area contributed by atoms with Crippen LogP contribution >= 0.6 is 11.6 Å². The van der Waals surface area contributed by atoms with Crippen molar-refractivity contribution in [2.24, 2.45) is 5.92 Å². The number of halogens is 1. The number of nitrogens with one attached hydrogen (secondary N) is 1. The van der Waals surface area contributed by atoms with Crippen molar-refractivity contribution in [1.29, 1.82) is 0 Å². The van der Waals surface area contributed by atoms with Gasteiger partial charge in [0.1, 0.15) is 5.69 Å². The predicted molar refractivity (Wildman–Crippen MR) is 142 cm³/mol. The number of carbonyl (C=O) groups excluding carboxylic acids is 1. The van der Waals surface area contributed by atoms with E-state index in [1.165, 1.54) is 4.31 Å². The first kappa shape index (κ1) is 26.1. The number of sulfonamides is 1. The van der Waals surface area contributed by atoms with Gasteiger partial charge < -0.3 is 9.84 Å². The molecule has 0 radical (unpaired) electrons. The largest absolute Gasteiger partial charge is 0.355 e. The number of hydrogen-bond acceptors (Lipinski definition) is 5. The Hall–Kier alpha value is -2.94. The third-order valence-corrected chi connectivity index (χ3v) is 8.74. The molecule has 36 heavy (non-hydrogen) atoms. The highest BCUT2D eigenvalue weighted by Gasteiger charge is 2.37. The van der Waals surface area contributed by atoms with Crippen LogP contribution in [0.2, 0.25) is 5.02 Å². The van der Waals surface area contributed by atoms with Crippen LogP contribution in [0.3, 0.4) is 0 Å². The van der Waals surface area contributed by atoms with Gasteiger partial charge >= 0.3 is 0 Å². The van der Waals surface area contributed by atoms with Gasteiger partial charge in [-0.15, -0.1) is 0 Å². The molecule has 0 spiro atoms. The first-order valence-corrected chi connectivity index (χ1v) is 13.7. The number of amides is 1. The van der Waals surface area contributed by atoms with Gasteiger partial charge in [-0.25, -0.2) is 8.42 Å². The van der Waals surface area contributed by atoms with E-state index >= 15 is 0 Å². The zero-order valence-electron chi connectivity index (χ0n) is 20.8. The number of carbonyl (C=O) groups is 1. The molecule has 3 aromatic rings. The van der Waals surface area contributed by atoms with Crippen LogP contribution < -0.4 is 5.32 Å². The van der Waals surface area contributed by atoms with E-state index in [1.807, 2.05) is 45.0 Å². The van der Waals surface area contributed by atoms with Gasteiger partial charge in [0.05, 0.1) is 5.92 Å². The molecule has 190 valence electrons. The molecule has 0 unspecified atom stereocenters. The van der Waals surface area contributed by atoms with Gasteiger partial charge in [0, 0.05) is 23.8 Å². The Morgan fingerprint density at radius 3 is 2.64 bits per heavy atom. The number of aromatic nitrogens is 1. The minimum Gasteiger partial charge on any atom is -0.355 e. The van der Waals surface area contributed by atoms with Gasteiger partial charge in [-0.1, -0.05) is 46.6 Å². The van der Waals surface area contributed by atoms with Crippen molar-refractivity contribution in [2.75, 3.05) is 18.4 Å².